The van der Waals surface area contributed by atoms with Gasteiger partial charge in [0.1, 0.15) is 0 Å². The maximum Gasteiger partial charge on any atom is 0.280 e. The first-order valence-corrected chi connectivity index (χ1v) is 2.42. The van der Waals surface area contributed by atoms with Crippen LogP contribution < -0.4 is 9.47 Å². The zero-order valence-electron chi connectivity index (χ0n) is 4.94. The van der Waals surface area contributed by atoms with Crippen molar-refractivity contribution in [2.75, 3.05) is 7.11 Å². The molecular weight excluding hydrogens is 120 g/mol. The van der Waals surface area contributed by atoms with Crippen LogP contribution in [0.2, 0.25) is 0 Å². The summed E-state index contributed by atoms with van der Waals surface area (Å²) in [6.45, 7) is 0. The van der Waals surface area contributed by atoms with Crippen molar-refractivity contribution in [3.8, 4) is 5.88 Å². The van der Waals surface area contributed by atoms with Gasteiger partial charge >= 0.3 is 0 Å². The van der Waals surface area contributed by atoms with Gasteiger partial charge in [0, 0.05) is 0 Å². The Bertz CT molecular complexity index is 202. The Balaban J connectivity index is 2.94. The zero-order chi connectivity index (χ0) is 6.69. The molecule has 9 heavy (non-hydrogen) atoms. The van der Waals surface area contributed by atoms with E-state index in [9.17, 15) is 5.21 Å². The van der Waals surface area contributed by atoms with Gasteiger partial charge in [-0.25, -0.2) is 4.98 Å². The van der Waals surface area contributed by atoms with Crippen LogP contribution in [0.15, 0.2) is 18.6 Å². The minimum absolute atomic E-state index is 0.326. The molecule has 0 saturated carbocycles. The van der Waals surface area contributed by atoms with Gasteiger partial charge in [-0.05, 0) is 0 Å². The van der Waals surface area contributed by atoms with Crippen LogP contribution in [0, 0.1) is 5.21 Å². The van der Waals surface area contributed by atoms with Crippen molar-refractivity contribution in [1.82, 2.24) is 4.98 Å². The summed E-state index contributed by atoms with van der Waals surface area (Å²) in [5.74, 6) is 0.326. The van der Waals surface area contributed by atoms with Gasteiger partial charge in [0.25, 0.3) is 5.88 Å². The number of rotatable bonds is 1. The highest BCUT2D eigenvalue weighted by Crippen LogP contribution is 1.95. The van der Waals surface area contributed by atoms with Crippen LogP contribution in [-0.2, 0) is 0 Å². The van der Waals surface area contributed by atoms with Crippen LogP contribution in [0.25, 0.3) is 0 Å². The molecule has 0 aliphatic carbocycles. The Morgan fingerprint density at radius 3 is 3.00 bits per heavy atom. The molecule has 0 radical (unpaired) electrons. The quantitative estimate of drug-likeness (QED) is 0.384. The maximum atomic E-state index is 10.4. The molecule has 1 heterocycles. The monoisotopic (exact) mass is 126 g/mol. The lowest BCUT2D eigenvalue weighted by Gasteiger charge is -1.95. The number of hydrogen-bond donors (Lipinski definition) is 0. The van der Waals surface area contributed by atoms with Gasteiger partial charge in [-0.3, -0.25) is 0 Å². The van der Waals surface area contributed by atoms with E-state index in [1.807, 2.05) is 0 Å². The van der Waals surface area contributed by atoms with Gasteiger partial charge in [-0.15, -0.1) is 0 Å². The Kier molecular flexibility index (Phi) is 1.48. The largest absolute Gasteiger partial charge is 0.619 e. The van der Waals surface area contributed by atoms with Crippen molar-refractivity contribution in [2.24, 2.45) is 0 Å². The second-order valence-electron chi connectivity index (χ2n) is 1.46. The molecule has 0 aromatic carbocycles. The first-order chi connectivity index (χ1) is 4.33. The predicted octanol–water partition coefficient (Wildman–Crippen LogP) is -0.276. The Morgan fingerprint density at radius 1 is 1.78 bits per heavy atom. The summed E-state index contributed by atoms with van der Waals surface area (Å²) in [5.41, 5.74) is 0. The van der Waals surface area contributed by atoms with E-state index in [2.05, 4.69) is 9.72 Å². The molecule has 0 atom stereocenters. The lowest BCUT2D eigenvalue weighted by molar-refractivity contribution is -0.606. The summed E-state index contributed by atoms with van der Waals surface area (Å²) >= 11 is 0. The maximum absolute atomic E-state index is 10.4. The van der Waals surface area contributed by atoms with Gasteiger partial charge in [0.15, 0.2) is 6.20 Å². The molecule has 0 fully saturated rings. The fourth-order valence-corrected chi connectivity index (χ4v) is 0.463. The van der Waals surface area contributed by atoms with Crippen LogP contribution in [0.4, 0.5) is 0 Å². The van der Waals surface area contributed by atoms with Crippen molar-refractivity contribution in [3.05, 3.63) is 23.8 Å². The molecule has 0 unspecified atom stereocenters. The summed E-state index contributed by atoms with van der Waals surface area (Å²) in [7, 11) is 1.46. The van der Waals surface area contributed by atoms with E-state index in [-0.39, 0.29) is 0 Å². The third-order valence-corrected chi connectivity index (χ3v) is 0.862. The topological polar surface area (TPSA) is 49.1 Å². The Labute approximate surface area is 52.3 Å². The van der Waals surface area contributed by atoms with Crippen molar-refractivity contribution in [3.63, 3.8) is 0 Å². The third-order valence-electron chi connectivity index (χ3n) is 0.862. The highest BCUT2D eigenvalue weighted by atomic mass is 16.5. The molecule has 0 saturated heterocycles. The minimum atomic E-state index is 0.326. The molecule has 0 aliphatic heterocycles. The summed E-state index contributed by atoms with van der Waals surface area (Å²) in [6, 6.07) is 0. The number of methoxy groups -OCH3 is 1. The molecule has 0 spiro atoms. The van der Waals surface area contributed by atoms with Crippen LogP contribution in [0.5, 0.6) is 5.88 Å². The summed E-state index contributed by atoms with van der Waals surface area (Å²) in [5, 5.41) is 10.4. The molecular formula is C5H6N2O2. The molecule has 48 valence electrons. The van der Waals surface area contributed by atoms with Gasteiger partial charge < -0.3 is 9.94 Å². The number of nitrogens with zero attached hydrogens (tertiary/aromatic N) is 2. The normalized spacial score (nSPS) is 9.00. The average Bonchev–Trinajstić information content (AvgIpc) is 1.88. The van der Waals surface area contributed by atoms with Gasteiger partial charge in [0.05, 0.1) is 13.3 Å². The summed E-state index contributed by atoms with van der Waals surface area (Å²) in [6.07, 6.45) is 3.92. The minimum Gasteiger partial charge on any atom is -0.619 e. The molecule has 4 nitrogen and oxygen atoms in total. The van der Waals surface area contributed by atoms with Gasteiger partial charge in [-0.1, -0.05) is 0 Å². The Morgan fingerprint density at radius 2 is 2.56 bits per heavy atom. The molecule has 0 aliphatic rings. The molecule has 4 heteroatoms. The second-order valence-corrected chi connectivity index (χ2v) is 1.46. The van der Waals surface area contributed by atoms with Gasteiger partial charge in [0.2, 0.25) is 6.20 Å². The number of ether oxygens (including phenoxy) is 1. The first-order valence-electron chi connectivity index (χ1n) is 2.42. The van der Waals surface area contributed by atoms with Crippen LogP contribution in [0.3, 0.4) is 0 Å². The molecule has 0 N–H and O–H groups in total. The van der Waals surface area contributed by atoms with E-state index in [4.69, 9.17) is 0 Å². The second kappa shape index (κ2) is 2.30. The van der Waals surface area contributed by atoms with Crippen LogP contribution in [-0.4, -0.2) is 12.1 Å². The van der Waals surface area contributed by atoms with E-state index in [1.165, 1.54) is 25.7 Å². The standard InChI is InChI=1S/C5H6N2O2/c1-9-5-4-7(8)3-2-6-5/h2-4H,1H3. The van der Waals surface area contributed by atoms with Crippen LogP contribution in [0.1, 0.15) is 0 Å². The van der Waals surface area contributed by atoms with Crippen LogP contribution >= 0.6 is 0 Å². The zero-order valence-corrected chi connectivity index (χ0v) is 4.94. The average molecular weight is 126 g/mol. The molecule has 1 aromatic rings. The van der Waals surface area contributed by atoms with E-state index >= 15 is 0 Å². The summed E-state index contributed by atoms with van der Waals surface area (Å²) in [4.78, 5) is 3.72. The first kappa shape index (κ1) is 5.81. The predicted molar refractivity (Wildman–Crippen MR) is 29.7 cm³/mol. The third kappa shape index (κ3) is 1.28. The smallest absolute Gasteiger partial charge is 0.280 e. The van der Waals surface area contributed by atoms with Crippen molar-refractivity contribution in [1.29, 1.82) is 0 Å². The van der Waals surface area contributed by atoms with Crippen molar-refractivity contribution < 1.29 is 9.47 Å². The summed E-state index contributed by atoms with van der Waals surface area (Å²) < 4.78 is 5.29. The number of hydrogen-bond acceptors (Lipinski definition) is 3. The lowest BCUT2D eigenvalue weighted by atomic mass is 10.7. The highest BCUT2D eigenvalue weighted by molar-refractivity contribution is 4.96. The molecule has 0 bridgehead atoms. The molecule has 0 amide bonds. The fraction of sp³-hybridized carbons (Fsp3) is 0.200. The SMILES string of the molecule is COc1c[n+]([O-])ccn1. The lowest BCUT2D eigenvalue weighted by Crippen LogP contribution is -2.24. The van der Waals surface area contributed by atoms with E-state index < -0.39 is 0 Å². The van der Waals surface area contributed by atoms with E-state index in [0.29, 0.717) is 10.6 Å². The Hall–Kier alpha value is -1.32. The molecule has 1 aromatic heterocycles. The molecule has 1 rings (SSSR count). The fourth-order valence-electron chi connectivity index (χ4n) is 0.463. The van der Waals surface area contributed by atoms with Crippen molar-refractivity contribution in [2.45, 2.75) is 0 Å². The van der Waals surface area contributed by atoms with Gasteiger partial charge in [-0.2, -0.15) is 4.73 Å². The number of aromatic nitrogens is 2. The van der Waals surface area contributed by atoms with E-state index in [1.54, 1.807) is 0 Å². The van der Waals surface area contributed by atoms with Crippen molar-refractivity contribution >= 4 is 0 Å². The van der Waals surface area contributed by atoms with E-state index in [0.717, 1.165) is 0 Å². The highest BCUT2D eigenvalue weighted by Gasteiger charge is 1.93.